The van der Waals surface area contributed by atoms with E-state index in [1.165, 1.54) is 44.1 Å². The van der Waals surface area contributed by atoms with Gasteiger partial charge in [0.1, 0.15) is 5.78 Å². The molecule has 0 saturated heterocycles. The lowest BCUT2D eigenvalue weighted by Gasteiger charge is -2.55. The number of hydrogen-bond acceptors (Lipinski definition) is 2. The molecule has 0 spiro atoms. The molecule has 0 aromatic carbocycles. The molecule has 2 heteroatoms. The van der Waals surface area contributed by atoms with E-state index in [-0.39, 0.29) is 11.5 Å². The molecule has 6 atom stereocenters. The highest BCUT2D eigenvalue weighted by Crippen LogP contribution is 2.68. The molecule has 23 heavy (non-hydrogen) atoms. The van der Waals surface area contributed by atoms with E-state index in [0.29, 0.717) is 11.2 Å². The summed E-state index contributed by atoms with van der Waals surface area (Å²) in [4.78, 5) is 11.8. The lowest BCUT2D eigenvalue weighted by Crippen LogP contribution is -2.50. The molecule has 1 N–H and O–H groups in total. The van der Waals surface area contributed by atoms with E-state index >= 15 is 0 Å². The van der Waals surface area contributed by atoms with Crippen molar-refractivity contribution in [2.45, 2.75) is 84.7 Å². The van der Waals surface area contributed by atoms with Crippen molar-refractivity contribution in [3.8, 4) is 0 Å². The van der Waals surface area contributed by atoms with Gasteiger partial charge in [0.2, 0.25) is 0 Å². The summed E-state index contributed by atoms with van der Waals surface area (Å²) in [6, 6.07) is 0. The van der Waals surface area contributed by atoms with Crippen LogP contribution >= 0.6 is 0 Å². The van der Waals surface area contributed by atoms with Crippen LogP contribution in [0.5, 0.6) is 0 Å². The summed E-state index contributed by atoms with van der Waals surface area (Å²) in [5, 5.41) is 10.5. The Morgan fingerprint density at radius 2 is 1.87 bits per heavy atom. The molecule has 128 valence electrons. The van der Waals surface area contributed by atoms with E-state index in [9.17, 15) is 9.90 Å². The zero-order chi connectivity index (χ0) is 16.4. The SMILES string of the molecule is CC(O)[C@@]1(C)CC[C@H]2[C@@H]3CCC4=C(CCC(=O)C4)[C@H]3CC[C@@]21C. The second kappa shape index (κ2) is 5.18. The van der Waals surface area contributed by atoms with Gasteiger partial charge in [0, 0.05) is 12.8 Å². The third-order valence-corrected chi connectivity index (χ3v) is 8.79. The minimum absolute atomic E-state index is 0.0832. The molecule has 0 bridgehead atoms. The highest BCUT2D eigenvalue weighted by atomic mass is 16.3. The van der Waals surface area contributed by atoms with Gasteiger partial charge in [-0.15, -0.1) is 0 Å². The Balaban J connectivity index is 1.65. The Bertz CT molecular complexity index is 560. The van der Waals surface area contributed by atoms with E-state index in [4.69, 9.17) is 0 Å². The minimum Gasteiger partial charge on any atom is -0.393 e. The maximum Gasteiger partial charge on any atom is 0.137 e. The average Bonchev–Trinajstić information content (AvgIpc) is 2.80. The smallest absolute Gasteiger partial charge is 0.137 e. The molecule has 0 aromatic rings. The number of aliphatic hydroxyl groups excluding tert-OH is 1. The van der Waals surface area contributed by atoms with Crippen molar-refractivity contribution < 1.29 is 9.90 Å². The predicted molar refractivity (Wildman–Crippen MR) is 92.0 cm³/mol. The molecule has 2 fully saturated rings. The van der Waals surface area contributed by atoms with Gasteiger partial charge in [-0.05, 0) is 80.5 Å². The van der Waals surface area contributed by atoms with E-state index in [1.54, 1.807) is 5.57 Å². The standard InChI is InChI=1S/C21H32O2/c1-13(22)20(2)11-9-19-18-6-4-14-12-15(23)5-7-16(14)17(18)8-10-21(19,20)3/h13,17-19,22H,4-12H2,1-3H3/t13?,17-,18-,19+,20-,21+/m1/s1. The number of carbonyl (C=O) groups is 1. The summed E-state index contributed by atoms with van der Waals surface area (Å²) in [7, 11) is 0. The first-order valence-corrected chi connectivity index (χ1v) is 9.77. The topological polar surface area (TPSA) is 37.3 Å². The van der Waals surface area contributed by atoms with Crippen molar-refractivity contribution in [2.24, 2.45) is 28.6 Å². The van der Waals surface area contributed by atoms with Gasteiger partial charge in [0.15, 0.2) is 0 Å². The van der Waals surface area contributed by atoms with Gasteiger partial charge in [0.25, 0.3) is 0 Å². The van der Waals surface area contributed by atoms with Gasteiger partial charge in [-0.25, -0.2) is 0 Å². The first-order chi connectivity index (χ1) is 10.9. The number of rotatable bonds is 1. The second-order valence-corrected chi connectivity index (χ2v) is 9.35. The molecule has 0 aromatic heterocycles. The zero-order valence-electron chi connectivity index (χ0n) is 15.0. The van der Waals surface area contributed by atoms with Gasteiger partial charge in [-0.1, -0.05) is 25.0 Å². The van der Waals surface area contributed by atoms with E-state index in [0.717, 1.165) is 37.0 Å². The molecule has 1 unspecified atom stereocenters. The molecule has 4 aliphatic carbocycles. The van der Waals surface area contributed by atoms with Crippen LogP contribution < -0.4 is 0 Å². The van der Waals surface area contributed by atoms with E-state index in [1.807, 2.05) is 6.92 Å². The van der Waals surface area contributed by atoms with Crippen molar-refractivity contribution in [1.82, 2.24) is 0 Å². The molecule has 0 radical (unpaired) electrons. The van der Waals surface area contributed by atoms with Crippen molar-refractivity contribution in [3.63, 3.8) is 0 Å². The fourth-order valence-electron chi connectivity index (χ4n) is 7.04. The molecule has 0 aliphatic heterocycles. The number of ketones is 1. The molecule has 0 amide bonds. The zero-order valence-corrected chi connectivity index (χ0v) is 15.0. The van der Waals surface area contributed by atoms with Crippen molar-refractivity contribution in [1.29, 1.82) is 0 Å². The van der Waals surface area contributed by atoms with Crippen molar-refractivity contribution in [2.75, 3.05) is 0 Å². The second-order valence-electron chi connectivity index (χ2n) is 9.35. The summed E-state index contributed by atoms with van der Waals surface area (Å²) in [6.45, 7) is 6.82. The maximum atomic E-state index is 11.8. The Hall–Kier alpha value is -0.630. The number of Topliss-reactive ketones (excluding diaryl/α,β-unsaturated/α-hetero) is 1. The lowest BCUT2D eigenvalue weighted by molar-refractivity contribution is -0.119. The summed E-state index contributed by atoms with van der Waals surface area (Å²) >= 11 is 0. The summed E-state index contributed by atoms with van der Waals surface area (Å²) in [5.74, 6) is 2.79. The van der Waals surface area contributed by atoms with Gasteiger partial charge in [0.05, 0.1) is 6.10 Å². The van der Waals surface area contributed by atoms with Gasteiger partial charge >= 0.3 is 0 Å². The van der Waals surface area contributed by atoms with Crippen LogP contribution in [0.1, 0.15) is 78.6 Å². The van der Waals surface area contributed by atoms with Crippen molar-refractivity contribution >= 4 is 5.78 Å². The maximum absolute atomic E-state index is 11.8. The van der Waals surface area contributed by atoms with Crippen LogP contribution in [0.4, 0.5) is 0 Å². The molecule has 4 rings (SSSR count). The molecule has 2 saturated carbocycles. The monoisotopic (exact) mass is 316 g/mol. The normalized spacial score (nSPS) is 47.8. The quantitative estimate of drug-likeness (QED) is 0.714. The number of carbonyl (C=O) groups excluding carboxylic acids is 1. The molecule has 4 aliphatic rings. The lowest BCUT2D eigenvalue weighted by atomic mass is 9.49. The molecular formula is C21H32O2. The van der Waals surface area contributed by atoms with Crippen LogP contribution in [0.2, 0.25) is 0 Å². The Kier molecular flexibility index (Phi) is 3.58. The summed E-state index contributed by atoms with van der Waals surface area (Å²) < 4.78 is 0. The Morgan fingerprint density at radius 3 is 2.61 bits per heavy atom. The van der Waals surface area contributed by atoms with Gasteiger partial charge < -0.3 is 5.11 Å². The van der Waals surface area contributed by atoms with E-state index < -0.39 is 0 Å². The number of hydrogen-bond donors (Lipinski definition) is 1. The molecular weight excluding hydrogens is 284 g/mol. The first kappa shape index (κ1) is 15.9. The van der Waals surface area contributed by atoms with E-state index in [2.05, 4.69) is 13.8 Å². The van der Waals surface area contributed by atoms with Crippen molar-refractivity contribution in [3.05, 3.63) is 11.1 Å². The Morgan fingerprint density at radius 1 is 1.09 bits per heavy atom. The summed E-state index contributed by atoms with van der Waals surface area (Å²) in [6.07, 6.45) is 9.85. The van der Waals surface area contributed by atoms with Crippen LogP contribution in [-0.2, 0) is 4.79 Å². The van der Waals surface area contributed by atoms with Crippen LogP contribution in [-0.4, -0.2) is 17.0 Å². The van der Waals surface area contributed by atoms with Crippen LogP contribution in [0.3, 0.4) is 0 Å². The van der Waals surface area contributed by atoms with Crippen LogP contribution in [0.25, 0.3) is 0 Å². The number of fused-ring (bicyclic) bond motifs is 4. The highest BCUT2D eigenvalue weighted by molar-refractivity contribution is 5.82. The van der Waals surface area contributed by atoms with Crippen LogP contribution in [0, 0.1) is 28.6 Å². The van der Waals surface area contributed by atoms with Gasteiger partial charge in [-0.3, -0.25) is 4.79 Å². The third kappa shape index (κ3) is 2.06. The molecule has 2 nitrogen and oxygen atoms in total. The minimum atomic E-state index is -0.209. The van der Waals surface area contributed by atoms with Crippen LogP contribution in [0.15, 0.2) is 11.1 Å². The fourth-order valence-corrected chi connectivity index (χ4v) is 7.04. The number of aliphatic hydroxyl groups is 1. The largest absolute Gasteiger partial charge is 0.393 e. The summed E-state index contributed by atoms with van der Waals surface area (Å²) in [5.41, 5.74) is 3.58. The number of allylic oxidation sites excluding steroid dienone is 2. The van der Waals surface area contributed by atoms with Gasteiger partial charge in [-0.2, -0.15) is 0 Å². The Labute approximate surface area is 140 Å². The average molecular weight is 316 g/mol. The molecule has 0 heterocycles. The highest BCUT2D eigenvalue weighted by Gasteiger charge is 2.61. The predicted octanol–water partition coefficient (Wildman–Crippen LogP) is 4.66. The fraction of sp³-hybridized carbons (Fsp3) is 0.857. The first-order valence-electron chi connectivity index (χ1n) is 9.77. The third-order valence-electron chi connectivity index (χ3n) is 8.79.